The second-order valence-electron chi connectivity index (χ2n) is 5.29. The third-order valence-corrected chi connectivity index (χ3v) is 4.34. The molecule has 0 bridgehead atoms. The predicted octanol–water partition coefficient (Wildman–Crippen LogP) is 4.19. The lowest BCUT2D eigenvalue weighted by Crippen LogP contribution is -2.31. The Bertz CT molecular complexity index is 574. The van der Waals surface area contributed by atoms with E-state index < -0.39 is 0 Å². The highest BCUT2D eigenvalue weighted by molar-refractivity contribution is 9.10. The van der Waals surface area contributed by atoms with Crippen molar-refractivity contribution in [3.63, 3.8) is 0 Å². The summed E-state index contributed by atoms with van der Waals surface area (Å²) in [4.78, 5) is 0. The van der Waals surface area contributed by atoms with Gasteiger partial charge in [-0.3, -0.25) is 0 Å². The van der Waals surface area contributed by atoms with Gasteiger partial charge in [0.2, 0.25) is 0 Å². The molecule has 1 atom stereocenters. The maximum atomic E-state index is 3.65. The molecule has 1 N–H and O–H groups in total. The van der Waals surface area contributed by atoms with Crippen LogP contribution in [-0.4, -0.2) is 6.54 Å². The minimum absolute atomic E-state index is 0.450. The fourth-order valence-electron chi connectivity index (χ4n) is 2.82. The van der Waals surface area contributed by atoms with Gasteiger partial charge in [0.25, 0.3) is 0 Å². The zero-order valence-electron chi connectivity index (χ0n) is 11.1. The Morgan fingerprint density at radius 3 is 2.74 bits per heavy atom. The van der Waals surface area contributed by atoms with Crippen LogP contribution in [0.3, 0.4) is 0 Å². The van der Waals surface area contributed by atoms with Crippen LogP contribution in [-0.2, 0) is 12.8 Å². The number of hydrogen-bond donors (Lipinski definition) is 1. The molecule has 98 valence electrons. The lowest BCUT2D eigenvalue weighted by molar-refractivity contribution is 0.502. The third-order valence-electron chi connectivity index (χ3n) is 3.81. The van der Waals surface area contributed by atoms with Crippen molar-refractivity contribution in [2.45, 2.75) is 25.8 Å². The van der Waals surface area contributed by atoms with Crippen molar-refractivity contribution in [3.05, 3.63) is 69.2 Å². The molecule has 0 saturated heterocycles. The largest absolute Gasteiger partial charge is 0.309 e. The first kappa shape index (κ1) is 12.9. The van der Waals surface area contributed by atoms with E-state index in [1.165, 1.54) is 22.3 Å². The van der Waals surface area contributed by atoms with Crippen LogP contribution in [0.25, 0.3) is 0 Å². The van der Waals surface area contributed by atoms with Crippen LogP contribution in [0.1, 0.15) is 28.3 Å². The summed E-state index contributed by atoms with van der Waals surface area (Å²) in [6, 6.07) is 15.9. The van der Waals surface area contributed by atoms with Crippen LogP contribution in [0.4, 0.5) is 0 Å². The molecule has 0 saturated carbocycles. The number of aryl methyl sites for hydroxylation is 1. The van der Waals surface area contributed by atoms with Gasteiger partial charge in [0.15, 0.2) is 0 Å². The molecule has 0 aliphatic carbocycles. The van der Waals surface area contributed by atoms with E-state index in [1.807, 2.05) is 0 Å². The van der Waals surface area contributed by atoms with E-state index in [9.17, 15) is 0 Å². The van der Waals surface area contributed by atoms with E-state index in [0.29, 0.717) is 6.04 Å². The molecular formula is C17H18BrN. The second kappa shape index (κ2) is 5.48. The fourth-order valence-corrected chi connectivity index (χ4v) is 3.08. The first-order valence-corrected chi connectivity index (χ1v) is 7.59. The molecule has 2 aromatic rings. The number of benzene rings is 2. The van der Waals surface area contributed by atoms with Crippen molar-refractivity contribution >= 4 is 15.9 Å². The smallest absolute Gasteiger partial charge is 0.0363 e. The maximum Gasteiger partial charge on any atom is 0.0363 e. The minimum Gasteiger partial charge on any atom is -0.309 e. The summed E-state index contributed by atoms with van der Waals surface area (Å²) in [6.45, 7) is 3.25. The molecule has 2 aromatic carbocycles. The summed E-state index contributed by atoms with van der Waals surface area (Å²) in [6.07, 6.45) is 2.21. The normalized spacial score (nSPS) is 18.1. The van der Waals surface area contributed by atoms with Gasteiger partial charge >= 0.3 is 0 Å². The van der Waals surface area contributed by atoms with Crippen molar-refractivity contribution in [2.24, 2.45) is 0 Å². The van der Waals surface area contributed by atoms with Crippen LogP contribution in [0.15, 0.2) is 46.9 Å². The second-order valence-corrected chi connectivity index (χ2v) is 6.21. The van der Waals surface area contributed by atoms with Crippen LogP contribution < -0.4 is 5.32 Å². The zero-order valence-corrected chi connectivity index (χ0v) is 12.7. The molecule has 1 nitrogen and oxygen atoms in total. The lowest BCUT2D eigenvalue weighted by atomic mass is 9.89. The molecule has 0 amide bonds. The topological polar surface area (TPSA) is 12.0 Å². The van der Waals surface area contributed by atoms with Crippen molar-refractivity contribution in [3.8, 4) is 0 Å². The Balaban J connectivity index is 1.85. The molecule has 2 heteroatoms. The average molecular weight is 316 g/mol. The first-order chi connectivity index (χ1) is 9.22. The summed E-state index contributed by atoms with van der Waals surface area (Å²) in [5, 5.41) is 3.65. The van der Waals surface area contributed by atoms with Crippen LogP contribution in [0, 0.1) is 6.92 Å². The lowest BCUT2D eigenvalue weighted by Gasteiger charge is -2.27. The molecule has 3 rings (SSSR count). The maximum absolute atomic E-state index is 3.65. The van der Waals surface area contributed by atoms with E-state index in [2.05, 4.69) is 70.6 Å². The Hall–Kier alpha value is -1.12. The molecule has 1 heterocycles. The Labute approximate surface area is 123 Å². The van der Waals surface area contributed by atoms with Gasteiger partial charge in [-0.25, -0.2) is 0 Å². The fraction of sp³-hybridized carbons (Fsp3) is 0.294. The molecule has 0 spiro atoms. The minimum atomic E-state index is 0.450. The number of nitrogens with one attached hydrogen (secondary N) is 1. The van der Waals surface area contributed by atoms with Crippen LogP contribution >= 0.6 is 15.9 Å². The van der Waals surface area contributed by atoms with Gasteiger partial charge in [0.05, 0.1) is 0 Å². The van der Waals surface area contributed by atoms with Gasteiger partial charge in [0.1, 0.15) is 0 Å². The quantitative estimate of drug-likeness (QED) is 0.876. The van der Waals surface area contributed by atoms with Crippen molar-refractivity contribution < 1.29 is 0 Å². The molecule has 1 aliphatic heterocycles. The molecule has 0 radical (unpaired) electrons. The summed E-state index contributed by atoms with van der Waals surface area (Å²) in [7, 11) is 0. The Morgan fingerprint density at radius 1 is 1.16 bits per heavy atom. The standard InChI is InChI=1S/C17H18BrN/c1-12-2-7-16-14(10-12)8-9-19-17(16)11-13-3-5-15(18)6-4-13/h2-7,10,17,19H,8-9,11H2,1H3/t17-/m1/s1. The number of hydrogen-bond acceptors (Lipinski definition) is 1. The Kier molecular flexibility index (Phi) is 3.72. The third kappa shape index (κ3) is 2.90. The van der Waals surface area contributed by atoms with Crippen LogP contribution in [0.2, 0.25) is 0 Å². The first-order valence-electron chi connectivity index (χ1n) is 6.79. The van der Waals surface area contributed by atoms with E-state index >= 15 is 0 Å². The summed E-state index contributed by atoms with van der Waals surface area (Å²) < 4.78 is 1.14. The monoisotopic (exact) mass is 315 g/mol. The van der Waals surface area contributed by atoms with E-state index in [4.69, 9.17) is 0 Å². The Morgan fingerprint density at radius 2 is 1.95 bits per heavy atom. The summed E-state index contributed by atoms with van der Waals surface area (Å²) >= 11 is 3.49. The molecule has 0 unspecified atom stereocenters. The van der Waals surface area contributed by atoms with Gasteiger partial charge in [-0.15, -0.1) is 0 Å². The van der Waals surface area contributed by atoms with Gasteiger partial charge in [0, 0.05) is 10.5 Å². The van der Waals surface area contributed by atoms with Crippen molar-refractivity contribution in [1.82, 2.24) is 5.32 Å². The van der Waals surface area contributed by atoms with E-state index in [1.54, 1.807) is 0 Å². The zero-order chi connectivity index (χ0) is 13.2. The van der Waals surface area contributed by atoms with Gasteiger partial charge in [-0.2, -0.15) is 0 Å². The predicted molar refractivity (Wildman–Crippen MR) is 83.5 cm³/mol. The van der Waals surface area contributed by atoms with Crippen molar-refractivity contribution in [1.29, 1.82) is 0 Å². The molecule has 0 fully saturated rings. The van der Waals surface area contributed by atoms with Crippen LogP contribution in [0.5, 0.6) is 0 Å². The summed E-state index contributed by atoms with van der Waals surface area (Å²) in [5.74, 6) is 0. The van der Waals surface area contributed by atoms with Gasteiger partial charge < -0.3 is 5.32 Å². The number of fused-ring (bicyclic) bond motifs is 1. The van der Waals surface area contributed by atoms with Gasteiger partial charge in [-0.1, -0.05) is 51.8 Å². The highest BCUT2D eigenvalue weighted by Crippen LogP contribution is 2.27. The van der Waals surface area contributed by atoms with E-state index in [0.717, 1.165) is 23.9 Å². The molecular weight excluding hydrogens is 298 g/mol. The number of halogens is 1. The molecule has 19 heavy (non-hydrogen) atoms. The highest BCUT2D eigenvalue weighted by Gasteiger charge is 2.19. The van der Waals surface area contributed by atoms with Crippen molar-refractivity contribution in [2.75, 3.05) is 6.54 Å². The van der Waals surface area contributed by atoms with E-state index in [-0.39, 0.29) is 0 Å². The SMILES string of the molecule is Cc1ccc2c(c1)CCN[C@@H]2Cc1ccc(Br)cc1. The molecule has 1 aliphatic rings. The molecule has 0 aromatic heterocycles. The number of rotatable bonds is 2. The highest BCUT2D eigenvalue weighted by atomic mass is 79.9. The average Bonchev–Trinajstić information content (AvgIpc) is 2.41. The van der Waals surface area contributed by atoms with Gasteiger partial charge in [-0.05, 0) is 55.1 Å². The summed E-state index contributed by atoms with van der Waals surface area (Å²) in [5.41, 5.74) is 5.73.